The fraction of sp³-hybridized carbons (Fsp3) is 0.231. The summed E-state index contributed by atoms with van der Waals surface area (Å²) in [6.45, 7) is 0.521. The summed E-state index contributed by atoms with van der Waals surface area (Å²) in [4.78, 5) is 23.8. The van der Waals surface area contributed by atoms with Crippen molar-refractivity contribution >= 4 is 12.3 Å². The number of nitrogens with zero attached hydrogens (tertiary/aromatic N) is 1. The number of hydroxylamine groups is 1. The second-order valence-electron chi connectivity index (χ2n) is 4.17. The van der Waals surface area contributed by atoms with Crippen LogP contribution in [-0.2, 0) is 16.1 Å². The molecule has 1 aromatic rings. The molecule has 7 heteroatoms. The summed E-state index contributed by atoms with van der Waals surface area (Å²) < 4.78 is 10.6. The highest BCUT2D eigenvalue weighted by Crippen LogP contribution is 2.27. The molecule has 0 unspecified atom stereocenters. The van der Waals surface area contributed by atoms with Gasteiger partial charge in [0.25, 0.3) is 5.91 Å². The van der Waals surface area contributed by atoms with Gasteiger partial charge in [-0.2, -0.15) is 0 Å². The summed E-state index contributed by atoms with van der Waals surface area (Å²) in [6, 6.07) is 4.71. The van der Waals surface area contributed by atoms with Gasteiger partial charge in [-0.3, -0.25) is 14.8 Å². The van der Waals surface area contributed by atoms with E-state index in [0.29, 0.717) is 24.5 Å². The number of carbonyl (C=O) groups is 2. The number of ether oxygens (including phenoxy) is 2. The third-order valence-corrected chi connectivity index (χ3v) is 2.76. The van der Waals surface area contributed by atoms with Gasteiger partial charge in [0, 0.05) is 24.4 Å². The van der Waals surface area contributed by atoms with Crippen LogP contribution in [0.4, 0.5) is 0 Å². The normalized spacial score (nSPS) is 13.7. The van der Waals surface area contributed by atoms with Crippen LogP contribution >= 0.6 is 0 Å². The van der Waals surface area contributed by atoms with Crippen molar-refractivity contribution in [3.8, 4) is 5.75 Å². The molecule has 7 nitrogen and oxygen atoms in total. The summed E-state index contributed by atoms with van der Waals surface area (Å²) in [5.41, 5.74) is 2.56. The molecule has 1 aliphatic heterocycles. The van der Waals surface area contributed by atoms with Crippen molar-refractivity contribution in [1.82, 2.24) is 10.4 Å². The summed E-state index contributed by atoms with van der Waals surface area (Å²) in [6.07, 6.45) is 2.23. The van der Waals surface area contributed by atoms with Crippen molar-refractivity contribution in [2.45, 2.75) is 6.54 Å². The predicted octanol–water partition coefficient (Wildman–Crippen LogP) is 0.644. The Labute approximate surface area is 115 Å². The fourth-order valence-corrected chi connectivity index (χ4v) is 1.86. The lowest BCUT2D eigenvalue weighted by Gasteiger charge is -2.11. The summed E-state index contributed by atoms with van der Waals surface area (Å²) >= 11 is 0. The van der Waals surface area contributed by atoms with Crippen LogP contribution in [0.3, 0.4) is 0 Å². The van der Waals surface area contributed by atoms with Crippen molar-refractivity contribution in [3.05, 3.63) is 41.3 Å². The zero-order valence-corrected chi connectivity index (χ0v) is 10.8. The van der Waals surface area contributed by atoms with E-state index in [1.165, 1.54) is 24.1 Å². The fourth-order valence-electron chi connectivity index (χ4n) is 1.86. The quantitative estimate of drug-likeness (QED) is 0.479. The van der Waals surface area contributed by atoms with Crippen molar-refractivity contribution in [2.24, 2.45) is 0 Å². The van der Waals surface area contributed by atoms with Crippen LogP contribution in [0.25, 0.3) is 0 Å². The van der Waals surface area contributed by atoms with E-state index in [0.717, 1.165) is 5.56 Å². The molecule has 1 aliphatic rings. The Bertz CT molecular complexity index is 556. The molecule has 1 aromatic carbocycles. The number of amides is 2. The monoisotopic (exact) mass is 278 g/mol. The SMILES string of the molecule is COCC1=CN(C=O)Cc2ccc(C(=O)NO)cc2O1. The molecule has 0 aliphatic carbocycles. The molecule has 2 rings (SSSR count). The second kappa shape index (κ2) is 6.18. The number of carbonyl (C=O) groups excluding carboxylic acids is 2. The first kappa shape index (κ1) is 14.0. The Kier molecular flexibility index (Phi) is 4.34. The molecule has 0 aromatic heterocycles. The predicted molar refractivity (Wildman–Crippen MR) is 67.9 cm³/mol. The molecule has 0 spiro atoms. The topological polar surface area (TPSA) is 88.1 Å². The van der Waals surface area contributed by atoms with Gasteiger partial charge in [-0.15, -0.1) is 0 Å². The van der Waals surface area contributed by atoms with Gasteiger partial charge in [-0.05, 0) is 12.1 Å². The molecule has 0 bridgehead atoms. The van der Waals surface area contributed by atoms with Gasteiger partial charge in [0.15, 0.2) is 0 Å². The molecular weight excluding hydrogens is 264 g/mol. The van der Waals surface area contributed by atoms with Gasteiger partial charge in [0.2, 0.25) is 6.41 Å². The Morgan fingerprint density at radius 2 is 2.40 bits per heavy atom. The first-order valence-corrected chi connectivity index (χ1v) is 5.84. The van der Waals surface area contributed by atoms with E-state index in [-0.39, 0.29) is 12.2 Å². The van der Waals surface area contributed by atoms with E-state index in [4.69, 9.17) is 14.7 Å². The summed E-state index contributed by atoms with van der Waals surface area (Å²) in [5, 5.41) is 8.64. The highest BCUT2D eigenvalue weighted by atomic mass is 16.5. The lowest BCUT2D eigenvalue weighted by molar-refractivity contribution is -0.116. The number of nitrogens with one attached hydrogen (secondary N) is 1. The Morgan fingerprint density at radius 3 is 3.05 bits per heavy atom. The molecule has 106 valence electrons. The molecule has 0 atom stereocenters. The van der Waals surface area contributed by atoms with Crippen LogP contribution < -0.4 is 10.2 Å². The summed E-state index contributed by atoms with van der Waals surface area (Å²) in [5.74, 6) is 0.254. The molecule has 0 saturated carbocycles. The lowest BCUT2D eigenvalue weighted by Crippen LogP contribution is -2.18. The largest absolute Gasteiger partial charge is 0.457 e. The first-order chi connectivity index (χ1) is 9.67. The van der Waals surface area contributed by atoms with Gasteiger partial charge in [0.1, 0.15) is 18.1 Å². The maximum atomic E-state index is 11.4. The maximum absolute atomic E-state index is 11.4. The van der Waals surface area contributed by atoms with Crippen molar-refractivity contribution in [3.63, 3.8) is 0 Å². The summed E-state index contributed by atoms with van der Waals surface area (Å²) in [7, 11) is 1.51. The van der Waals surface area contributed by atoms with Crippen LogP contribution in [0.1, 0.15) is 15.9 Å². The molecule has 0 radical (unpaired) electrons. The van der Waals surface area contributed by atoms with E-state index in [9.17, 15) is 9.59 Å². The van der Waals surface area contributed by atoms with Gasteiger partial charge in [-0.1, -0.05) is 6.07 Å². The molecule has 0 fully saturated rings. The molecule has 1 heterocycles. The minimum absolute atomic E-state index is 0.195. The minimum Gasteiger partial charge on any atom is -0.457 e. The number of hydrogen-bond acceptors (Lipinski definition) is 5. The van der Waals surface area contributed by atoms with Crippen LogP contribution in [0.15, 0.2) is 30.2 Å². The Balaban J connectivity index is 2.37. The highest BCUT2D eigenvalue weighted by Gasteiger charge is 2.17. The third-order valence-electron chi connectivity index (χ3n) is 2.76. The zero-order chi connectivity index (χ0) is 14.5. The number of fused-ring (bicyclic) bond motifs is 1. The zero-order valence-electron chi connectivity index (χ0n) is 10.8. The Hall–Kier alpha value is -2.38. The molecule has 0 saturated heterocycles. The molecule has 2 N–H and O–H groups in total. The third kappa shape index (κ3) is 2.95. The van der Waals surface area contributed by atoms with Crippen LogP contribution in [0.2, 0.25) is 0 Å². The average Bonchev–Trinajstić information content (AvgIpc) is 2.64. The van der Waals surface area contributed by atoms with Gasteiger partial charge in [0.05, 0.1) is 6.54 Å². The van der Waals surface area contributed by atoms with Crippen molar-refractivity contribution in [2.75, 3.05) is 13.7 Å². The maximum Gasteiger partial charge on any atom is 0.274 e. The second-order valence-corrected chi connectivity index (χ2v) is 4.17. The smallest absolute Gasteiger partial charge is 0.274 e. The van der Waals surface area contributed by atoms with Gasteiger partial charge >= 0.3 is 0 Å². The standard InChI is InChI=1S/C13H14N2O5/c1-19-7-11-6-15(8-16)5-10-3-2-9(13(17)14-18)4-12(10)20-11/h2-4,6,8,18H,5,7H2,1H3,(H,14,17). The highest BCUT2D eigenvalue weighted by molar-refractivity contribution is 5.93. The van der Waals surface area contributed by atoms with E-state index in [2.05, 4.69) is 0 Å². The molecule has 20 heavy (non-hydrogen) atoms. The van der Waals surface area contributed by atoms with E-state index < -0.39 is 5.91 Å². The first-order valence-electron chi connectivity index (χ1n) is 5.84. The average molecular weight is 278 g/mol. The number of methoxy groups -OCH3 is 1. The van der Waals surface area contributed by atoms with E-state index >= 15 is 0 Å². The van der Waals surface area contributed by atoms with Crippen LogP contribution in [0.5, 0.6) is 5.75 Å². The Morgan fingerprint density at radius 1 is 1.60 bits per heavy atom. The number of hydrogen-bond donors (Lipinski definition) is 2. The van der Waals surface area contributed by atoms with Gasteiger partial charge < -0.3 is 14.4 Å². The lowest BCUT2D eigenvalue weighted by atomic mass is 10.1. The van der Waals surface area contributed by atoms with Crippen LogP contribution in [0, 0.1) is 0 Å². The van der Waals surface area contributed by atoms with Gasteiger partial charge in [-0.25, -0.2) is 5.48 Å². The number of benzene rings is 1. The molecular formula is C13H14N2O5. The minimum atomic E-state index is -0.634. The van der Waals surface area contributed by atoms with E-state index in [1.54, 1.807) is 17.7 Å². The van der Waals surface area contributed by atoms with Crippen LogP contribution in [-0.4, -0.2) is 36.1 Å². The molecule has 2 amide bonds. The van der Waals surface area contributed by atoms with Crippen molar-refractivity contribution < 1.29 is 24.3 Å². The van der Waals surface area contributed by atoms with E-state index in [1.807, 2.05) is 0 Å². The van der Waals surface area contributed by atoms with Crippen molar-refractivity contribution in [1.29, 1.82) is 0 Å². The number of rotatable bonds is 4.